The number of thiazole rings is 1. The van der Waals surface area contributed by atoms with Crippen molar-refractivity contribution in [3.8, 4) is 5.75 Å². The molecule has 1 N–H and O–H groups in total. The van der Waals surface area contributed by atoms with Crippen LogP contribution in [-0.2, 0) is 9.53 Å². The molecule has 0 fully saturated rings. The van der Waals surface area contributed by atoms with Gasteiger partial charge in [0, 0.05) is 4.88 Å². The molecule has 1 aliphatic heterocycles. The van der Waals surface area contributed by atoms with E-state index in [2.05, 4.69) is 4.99 Å². The third-order valence-electron chi connectivity index (χ3n) is 4.50. The number of ether oxygens (including phenoxy) is 1. The standard InChI is InChI=1S/C21H18N2O4S2/c1-3-27-20(26)17-12(2)22-21-23(18(17)15-8-5-9-28-15)19(25)16(29-21)11-13-6-4-7-14(24)10-13/h4-11,18,24H,3H2,1-2H3/b16-11+. The number of phenols is 1. The number of carbonyl (C=O) groups is 1. The van der Waals surface area contributed by atoms with Crippen LogP contribution < -0.4 is 14.9 Å². The number of thiophene rings is 1. The van der Waals surface area contributed by atoms with Gasteiger partial charge in [0.2, 0.25) is 0 Å². The van der Waals surface area contributed by atoms with E-state index in [4.69, 9.17) is 4.74 Å². The van der Waals surface area contributed by atoms with Crippen molar-refractivity contribution in [2.24, 2.45) is 4.99 Å². The van der Waals surface area contributed by atoms with Gasteiger partial charge in [0.15, 0.2) is 4.80 Å². The quantitative estimate of drug-likeness (QED) is 0.650. The van der Waals surface area contributed by atoms with E-state index in [0.717, 1.165) is 4.88 Å². The van der Waals surface area contributed by atoms with Crippen molar-refractivity contribution in [2.45, 2.75) is 19.9 Å². The second kappa shape index (κ2) is 7.81. The Balaban J connectivity index is 1.94. The summed E-state index contributed by atoms with van der Waals surface area (Å²) in [4.78, 5) is 31.9. The molecule has 0 aliphatic carbocycles. The Kier molecular flexibility index (Phi) is 5.21. The zero-order chi connectivity index (χ0) is 20.5. The number of carbonyl (C=O) groups excluding carboxylic acids is 1. The number of aromatic nitrogens is 1. The van der Waals surface area contributed by atoms with Gasteiger partial charge in [-0.1, -0.05) is 29.5 Å². The van der Waals surface area contributed by atoms with Crippen molar-refractivity contribution in [2.75, 3.05) is 6.61 Å². The summed E-state index contributed by atoms with van der Waals surface area (Å²) in [6, 6.07) is 9.91. The molecule has 8 heteroatoms. The lowest BCUT2D eigenvalue weighted by atomic mass is 10.0. The highest BCUT2D eigenvalue weighted by Crippen LogP contribution is 2.33. The van der Waals surface area contributed by atoms with Crippen LogP contribution in [0.25, 0.3) is 6.08 Å². The lowest BCUT2D eigenvalue weighted by Gasteiger charge is -2.23. The van der Waals surface area contributed by atoms with E-state index >= 15 is 0 Å². The number of nitrogens with zero attached hydrogens (tertiary/aromatic N) is 2. The molecule has 2 aromatic heterocycles. The first-order valence-electron chi connectivity index (χ1n) is 9.01. The lowest BCUT2D eigenvalue weighted by molar-refractivity contribution is -0.139. The highest BCUT2D eigenvalue weighted by atomic mass is 32.1. The SMILES string of the molecule is CCOC(=O)C1=C(C)N=c2s/c(=C/c3cccc(O)c3)c(=O)n2C1c1cccs1. The smallest absolute Gasteiger partial charge is 0.338 e. The fraction of sp³-hybridized carbons (Fsp3) is 0.190. The van der Waals surface area contributed by atoms with Crippen LogP contribution in [0.1, 0.15) is 30.3 Å². The summed E-state index contributed by atoms with van der Waals surface area (Å²) < 4.78 is 7.29. The predicted molar refractivity (Wildman–Crippen MR) is 113 cm³/mol. The van der Waals surface area contributed by atoms with Crippen LogP contribution in [0.5, 0.6) is 5.75 Å². The molecule has 29 heavy (non-hydrogen) atoms. The molecular formula is C21H18N2O4S2. The fourth-order valence-electron chi connectivity index (χ4n) is 3.27. The van der Waals surface area contributed by atoms with Crippen LogP contribution in [0.2, 0.25) is 0 Å². The normalized spacial score (nSPS) is 16.5. The first-order chi connectivity index (χ1) is 14.0. The summed E-state index contributed by atoms with van der Waals surface area (Å²) in [5.74, 6) is -0.335. The Morgan fingerprint density at radius 1 is 1.34 bits per heavy atom. The van der Waals surface area contributed by atoms with E-state index in [9.17, 15) is 14.7 Å². The van der Waals surface area contributed by atoms with E-state index in [1.807, 2.05) is 23.6 Å². The van der Waals surface area contributed by atoms with E-state index in [-0.39, 0.29) is 17.9 Å². The number of phenolic OH excluding ortho intramolecular Hbond substituents is 1. The monoisotopic (exact) mass is 426 g/mol. The molecule has 1 atom stereocenters. The molecule has 1 aromatic carbocycles. The van der Waals surface area contributed by atoms with Crippen LogP contribution in [0.15, 0.2) is 62.8 Å². The second-order valence-corrected chi connectivity index (χ2v) is 8.40. The van der Waals surface area contributed by atoms with E-state index in [0.29, 0.717) is 26.2 Å². The molecule has 0 saturated carbocycles. The van der Waals surface area contributed by atoms with Gasteiger partial charge >= 0.3 is 5.97 Å². The average molecular weight is 427 g/mol. The van der Waals surface area contributed by atoms with Crippen LogP contribution in [0.4, 0.5) is 0 Å². The topological polar surface area (TPSA) is 80.9 Å². The Labute approximate surface area is 174 Å². The summed E-state index contributed by atoms with van der Waals surface area (Å²) >= 11 is 2.74. The molecule has 0 amide bonds. The molecule has 1 unspecified atom stereocenters. The number of hydrogen-bond donors (Lipinski definition) is 1. The van der Waals surface area contributed by atoms with Crippen molar-refractivity contribution in [1.29, 1.82) is 0 Å². The number of allylic oxidation sites excluding steroid dienone is 1. The second-order valence-electron chi connectivity index (χ2n) is 6.41. The zero-order valence-corrected chi connectivity index (χ0v) is 17.4. The molecule has 1 aliphatic rings. The zero-order valence-electron chi connectivity index (χ0n) is 15.8. The van der Waals surface area contributed by atoms with Gasteiger partial charge < -0.3 is 9.84 Å². The summed E-state index contributed by atoms with van der Waals surface area (Å²) in [6.07, 6.45) is 1.72. The van der Waals surface area contributed by atoms with Gasteiger partial charge in [-0.15, -0.1) is 11.3 Å². The van der Waals surface area contributed by atoms with Crippen LogP contribution >= 0.6 is 22.7 Å². The third kappa shape index (κ3) is 3.56. The van der Waals surface area contributed by atoms with Gasteiger partial charge in [0.1, 0.15) is 11.8 Å². The van der Waals surface area contributed by atoms with Gasteiger partial charge in [-0.25, -0.2) is 9.79 Å². The van der Waals surface area contributed by atoms with Crippen molar-refractivity contribution in [1.82, 2.24) is 4.57 Å². The van der Waals surface area contributed by atoms with Crippen molar-refractivity contribution in [3.63, 3.8) is 0 Å². The minimum atomic E-state index is -0.573. The first kappa shape index (κ1) is 19.4. The number of aromatic hydroxyl groups is 1. The van der Waals surface area contributed by atoms with Crippen molar-refractivity contribution >= 4 is 34.7 Å². The highest BCUT2D eigenvalue weighted by molar-refractivity contribution is 7.10. The highest BCUT2D eigenvalue weighted by Gasteiger charge is 2.33. The fourth-order valence-corrected chi connectivity index (χ4v) is 5.14. The molecule has 6 nitrogen and oxygen atoms in total. The third-order valence-corrected chi connectivity index (χ3v) is 6.41. The molecule has 3 aromatic rings. The van der Waals surface area contributed by atoms with Crippen molar-refractivity contribution in [3.05, 3.63) is 83.2 Å². The molecule has 148 valence electrons. The van der Waals surface area contributed by atoms with Gasteiger partial charge in [-0.3, -0.25) is 9.36 Å². The number of benzene rings is 1. The molecule has 0 radical (unpaired) electrons. The molecule has 4 rings (SSSR count). The number of rotatable bonds is 4. The molecular weight excluding hydrogens is 408 g/mol. The van der Waals surface area contributed by atoms with Gasteiger partial charge in [-0.05, 0) is 49.1 Å². The Morgan fingerprint density at radius 2 is 2.17 bits per heavy atom. The van der Waals surface area contributed by atoms with Gasteiger partial charge in [0.25, 0.3) is 5.56 Å². The number of esters is 1. The van der Waals surface area contributed by atoms with Crippen LogP contribution in [-0.4, -0.2) is 22.2 Å². The summed E-state index contributed by atoms with van der Waals surface area (Å²) in [6.45, 7) is 3.76. The average Bonchev–Trinajstić information content (AvgIpc) is 3.30. The van der Waals surface area contributed by atoms with E-state index in [1.165, 1.54) is 22.7 Å². The number of hydrogen-bond acceptors (Lipinski definition) is 7. The maximum absolute atomic E-state index is 13.3. The van der Waals surface area contributed by atoms with Crippen molar-refractivity contribution < 1.29 is 14.6 Å². The van der Waals surface area contributed by atoms with Crippen LogP contribution in [0, 0.1) is 0 Å². The largest absolute Gasteiger partial charge is 0.508 e. The van der Waals surface area contributed by atoms with Gasteiger partial charge in [-0.2, -0.15) is 0 Å². The molecule has 3 heterocycles. The molecule has 0 bridgehead atoms. The maximum Gasteiger partial charge on any atom is 0.338 e. The minimum Gasteiger partial charge on any atom is -0.508 e. The Morgan fingerprint density at radius 3 is 2.86 bits per heavy atom. The summed E-state index contributed by atoms with van der Waals surface area (Å²) in [5.41, 5.74) is 1.41. The van der Waals surface area contributed by atoms with Crippen LogP contribution in [0.3, 0.4) is 0 Å². The summed E-state index contributed by atoms with van der Waals surface area (Å²) in [7, 11) is 0. The first-order valence-corrected chi connectivity index (χ1v) is 10.7. The maximum atomic E-state index is 13.3. The van der Waals surface area contributed by atoms with E-state index < -0.39 is 12.0 Å². The summed E-state index contributed by atoms with van der Waals surface area (Å²) in [5, 5.41) is 11.6. The lowest BCUT2D eigenvalue weighted by Crippen LogP contribution is -2.39. The molecule has 0 saturated heterocycles. The van der Waals surface area contributed by atoms with Gasteiger partial charge in [0.05, 0.1) is 22.4 Å². The minimum absolute atomic E-state index is 0.128. The Hall–Kier alpha value is -2.97. The molecule has 0 spiro atoms. The predicted octanol–water partition coefficient (Wildman–Crippen LogP) is 2.57. The van der Waals surface area contributed by atoms with E-state index in [1.54, 1.807) is 42.7 Å². The number of fused-ring (bicyclic) bond motifs is 1. The Bertz CT molecular complexity index is 1280.